The lowest BCUT2D eigenvalue weighted by Gasteiger charge is -1.93. The molecule has 0 N–H and O–H groups in total. The van der Waals surface area contributed by atoms with E-state index in [4.69, 9.17) is 0 Å². The van der Waals surface area contributed by atoms with Gasteiger partial charge >= 0.3 is 0 Å². The van der Waals surface area contributed by atoms with E-state index in [1.54, 1.807) is 10.7 Å². The van der Waals surface area contributed by atoms with Gasteiger partial charge in [0, 0.05) is 9.77 Å². The van der Waals surface area contributed by atoms with E-state index < -0.39 is 0 Å². The van der Waals surface area contributed by atoms with Crippen molar-refractivity contribution in [2.45, 2.75) is 0 Å². The van der Waals surface area contributed by atoms with E-state index >= 15 is 0 Å². The van der Waals surface area contributed by atoms with Crippen LogP contribution in [0.2, 0.25) is 0 Å². The van der Waals surface area contributed by atoms with Crippen molar-refractivity contribution < 1.29 is 4.79 Å². The number of carbonyl (C=O) groups is 1. The predicted molar refractivity (Wildman–Crippen MR) is 53.3 cm³/mol. The minimum absolute atomic E-state index is 0.633. The van der Waals surface area contributed by atoms with Crippen molar-refractivity contribution >= 4 is 34.4 Å². The summed E-state index contributed by atoms with van der Waals surface area (Å²) in [6.07, 6.45) is 4.22. The van der Waals surface area contributed by atoms with Gasteiger partial charge in [0.2, 0.25) is 0 Å². The summed E-state index contributed by atoms with van der Waals surface area (Å²) < 4.78 is 2.79. The minimum Gasteiger partial charge on any atom is -0.298 e. The second kappa shape index (κ2) is 2.85. The Morgan fingerprint density at radius 3 is 3.17 bits per heavy atom. The van der Waals surface area contributed by atoms with Gasteiger partial charge in [-0.15, -0.1) is 0 Å². The van der Waals surface area contributed by atoms with E-state index in [9.17, 15) is 4.79 Å². The molecule has 0 spiro atoms. The van der Waals surface area contributed by atoms with Crippen LogP contribution in [0.15, 0.2) is 24.5 Å². The van der Waals surface area contributed by atoms with Crippen LogP contribution in [0.1, 0.15) is 10.4 Å². The Hall–Kier alpha value is -0.910. The summed E-state index contributed by atoms with van der Waals surface area (Å²) in [5.74, 6) is 0. The van der Waals surface area contributed by atoms with Crippen LogP contribution < -0.4 is 0 Å². The van der Waals surface area contributed by atoms with Crippen LogP contribution in [0.5, 0.6) is 0 Å². The summed E-state index contributed by atoms with van der Waals surface area (Å²) in [5, 5.41) is 4.01. The average molecular weight is 272 g/mol. The Kier molecular flexibility index (Phi) is 1.84. The third kappa shape index (κ3) is 1.12. The molecular formula is C8H5IN2O. The van der Waals surface area contributed by atoms with E-state index in [0.717, 1.165) is 15.4 Å². The molecule has 0 aliphatic heterocycles. The molecule has 2 aromatic rings. The number of pyridine rings is 1. The predicted octanol–water partition coefficient (Wildman–Crippen LogP) is 1.75. The van der Waals surface area contributed by atoms with Gasteiger partial charge in [0.25, 0.3) is 0 Å². The van der Waals surface area contributed by atoms with Crippen LogP contribution in [0.4, 0.5) is 0 Å². The summed E-state index contributed by atoms with van der Waals surface area (Å²) in [7, 11) is 0. The molecular weight excluding hydrogens is 267 g/mol. The molecule has 4 heteroatoms. The van der Waals surface area contributed by atoms with Crippen molar-refractivity contribution in [1.82, 2.24) is 9.61 Å². The van der Waals surface area contributed by atoms with Crippen LogP contribution >= 0.6 is 22.6 Å². The normalized spacial score (nSPS) is 10.4. The molecule has 0 unspecified atom stereocenters. The molecule has 2 rings (SSSR count). The van der Waals surface area contributed by atoms with Gasteiger partial charge in [-0.2, -0.15) is 5.10 Å². The highest BCUT2D eigenvalue weighted by atomic mass is 127. The second-order valence-electron chi connectivity index (χ2n) is 2.39. The van der Waals surface area contributed by atoms with Crippen LogP contribution in [0, 0.1) is 3.57 Å². The highest BCUT2D eigenvalue weighted by Crippen LogP contribution is 2.12. The largest absolute Gasteiger partial charge is 0.298 e. The monoisotopic (exact) mass is 272 g/mol. The van der Waals surface area contributed by atoms with Crippen LogP contribution in [0.25, 0.3) is 5.52 Å². The average Bonchev–Trinajstić information content (AvgIpc) is 2.46. The standard InChI is InChI=1S/C8H5IN2O/c9-7-1-2-11-8(3-7)6(5-12)4-10-11/h1-5H. The third-order valence-corrected chi connectivity index (χ3v) is 2.31. The number of hydrogen-bond acceptors (Lipinski definition) is 2. The first-order valence-electron chi connectivity index (χ1n) is 3.39. The minimum atomic E-state index is 0.633. The van der Waals surface area contributed by atoms with Crippen molar-refractivity contribution in [2.75, 3.05) is 0 Å². The topological polar surface area (TPSA) is 34.4 Å². The van der Waals surface area contributed by atoms with Crippen LogP contribution in [0.3, 0.4) is 0 Å². The van der Waals surface area contributed by atoms with Gasteiger partial charge in [-0.05, 0) is 34.7 Å². The number of fused-ring (bicyclic) bond motifs is 1. The molecule has 0 radical (unpaired) electrons. The van der Waals surface area contributed by atoms with Crippen molar-refractivity contribution in [1.29, 1.82) is 0 Å². The van der Waals surface area contributed by atoms with Gasteiger partial charge < -0.3 is 0 Å². The summed E-state index contributed by atoms with van der Waals surface area (Å²) in [6.45, 7) is 0. The van der Waals surface area contributed by atoms with Crippen molar-refractivity contribution in [3.05, 3.63) is 33.7 Å². The molecule has 0 saturated heterocycles. The van der Waals surface area contributed by atoms with E-state index in [1.165, 1.54) is 0 Å². The van der Waals surface area contributed by atoms with E-state index in [0.29, 0.717) is 5.56 Å². The Bertz CT molecular complexity index is 436. The molecule has 0 bridgehead atoms. The number of rotatable bonds is 1. The van der Waals surface area contributed by atoms with Gasteiger partial charge in [-0.1, -0.05) is 0 Å². The summed E-state index contributed by atoms with van der Waals surface area (Å²) in [6, 6.07) is 3.87. The molecule has 2 aromatic heterocycles. The van der Waals surface area contributed by atoms with Gasteiger partial charge in [-0.25, -0.2) is 4.52 Å². The first kappa shape index (κ1) is 7.72. The Morgan fingerprint density at radius 1 is 1.58 bits per heavy atom. The van der Waals surface area contributed by atoms with E-state index in [2.05, 4.69) is 27.7 Å². The molecule has 0 saturated carbocycles. The zero-order valence-corrected chi connectivity index (χ0v) is 8.22. The Morgan fingerprint density at radius 2 is 2.42 bits per heavy atom. The number of halogens is 1. The molecule has 2 heterocycles. The van der Waals surface area contributed by atoms with Crippen molar-refractivity contribution in [3.63, 3.8) is 0 Å². The van der Waals surface area contributed by atoms with Crippen LogP contribution in [-0.2, 0) is 0 Å². The number of aldehydes is 1. The molecule has 0 atom stereocenters. The molecule has 0 aromatic carbocycles. The van der Waals surface area contributed by atoms with E-state index in [1.807, 2.05) is 18.3 Å². The number of nitrogens with zero attached hydrogens (tertiary/aromatic N) is 2. The highest BCUT2D eigenvalue weighted by molar-refractivity contribution is 14.1. The van der Waals surface area contributed by atoms with Crippen molar-refractivity contribution in [2.24, 2.45) is 0 Å². The van der Waals surface area contributed by atoms with Gasteiger partial charge in [0.05, 0.1) is 17.3 Å². The number of carbonyl (C=O) groups excluding carboxylic acids is 1. The molecule has 0 aliphatic rings. The fraction of sp³-hybridized carbons (Fsp3) is 0. The molecule has 0 aliphatic carbocycles. The highest BCUT2D eigenvalue weighted by Gasteiger charge is 2.01. The van der Waals surface area contributed by atoms with Gasteiger partial charge in [0.15, 0.2) is 6.29 Å². The summed E-state index contributed by atoms with van der Waals surface area (Å²) in [5.41, 5.74) is 1.49. The van der Waals surface area contributed by atoms with Crippen molar-refractivity contribution in [3.8, 4) is 0 Å². The smallest absolute Gasteiger partial charge is 0.153 e. The number of aromatic nitrogens is 2. The second-order valence-corrected chi connectivity index (χ2v) is 3.64. The molecule has 60 valence electrons. The fourth-order valence-corrected chi connectivity index (χ4v) is 1.52. The molecule has 12 heavy (non-hydrogen) atoms. The maximum Gasteiger partial charge on any atom is 0.153 e. The zero-order chi connectivity index (χ0) is 8.55. The third-order valence-electron chi connectivity index (χ3n) is 1.64. The molecule has 3 nitrogen and oxygen atoms in total. The van der Waals surface area contributed by atoms with E-state index in [-0.39, 0.29) is 0 Å². The fourth-order valence-electron chi connectivity index (χ4n) is 1.06. The van der Waals surface area contributed by atoms with Gasteiger partial charge in [-0.3, -0.25) is 4.79 Å². The summed E-state index contributed by atoms with van der Waals surface area (Å²) in [4.78, 5) is 10.5. The maximum absolute atomic E-state index is 10.5. The number of hydrogen-bond donors (Lipinski definition) is 0. The lowest BCUT2D eigenvalue weighted by atomic mass is 10.3. The molecule has 0 fully saturated rings. The molecule has 0 amide bonds. The quantitative estimate of drug-likeness (QED) is 0.585. The zero-order valence-electron chi connectivity index (χ0n) is 6.07. The lowest BCUT2D eigenvalue weighted by molar-refractivity contribution is 0.112. The Balaban J connectivity index is 2.83. The maximum atomic E-state index is 10.5. The van der Waals surface area contributed by atoms with Crippen LogP contribution in [-0.4, -0.2) is 15.9 Å². The van der Waals surface area contributed by atoms with Gasteiger partial charge in [0.1, 0.15) is 0 Å². The first-order chi connectivity index (χ1) is 5.81. The first-order valence-corrected chi connectivity index (χ1v) is 4.47. The Labute approximate surface area is 82.5 Å². The summed E-state index contributed by atoms with van der Waals surface area (Å²) >= 11 is 2.20. The lowest BCUT2D eigenvalue weighted by Crippen LogP contribution is -1.86. The SMILES string of the molecule is O=Cc1cnn2ccc(I)cc12.